The maximum absolute atomic E-state index is 12.9. The van der Waals surface area contributed by atoms with Gasteiger partial charge in [-0.1, -0.05) is 43.3 Å². The lowest BCUT2D eigenvalue weighted by atomic mass is 9.94. The first-order valence-electron chi connectivity index (χ1n) is 7.03. The normalized spacial score (nSPS) is 21.1. The van der Waals surface area contributed by atoms with E-state index in [1.54, 1.807) is 50.2 Å². The number of hydrogen-bond acceptors (Lipinski definition) is 4. The summed E-state index contributed by atoms with van der Waals surface area (Å²) in [6.07, 6.45) is 0. The molecule has 0 aromatic heterocycles. The van der Waals surface area contributed by atoms with Crippen molar-refractivity contribution < 1.29 is 17.9 Å². The van der Waals surface area contributed by atoms with E-state index >= 15 is 0 Å². The molecule has 0 saturated carbocycles. The summed E-state index contributed by atoms with van der Waals surface area (Å²) in [6, 6.07) is 13.7. The van der Waals surface area contributed by atoms with Gasteiger partial charge in [0.1, 0.15) is 5.75 Å². The molecule has 0 amide bonds. The van der Waals surface area contributed by atoms with E-state index in [-0.39, 0.29) is 4.90 Å². The summed E-state index contributed by atoms with van der Waals surface area (Å²) in [5, 5.41) is -1.22. The minimum atomic E-state index is -3.81. The van der Waals surface area contributed by atoms with E-state index in [4.69, 9.17) is 4.74 Å². The van der Waals surface area contributed by atoms with E-state index in [0.717, 1.165) is 5.56 Å². The summed E-state index contributed by atoms with van der Waals surface area (Å²) in [6.45, 7) is 3.47. The van der Waals surface area contributed by atoms with E-state index in [2.05, 4.69) is 0 Å². The van der Waals surface area contributed by atoms with Crippen LogP contribution in [0.1, 0.15) is 24.0 Å². The molecule has 1 aliphatic rings. The quantitative estimate of drug-likeness (QED) is 0.631. The molecular weight excluding hydrogens is 300 g/mol. The summed E-state index contributed by atoms with van der Waals surface area (Å²) in [4.78, 5) is 12.5. The van der Waals surface area contributed by atoms with Crippen LogP contribution < -0.4 is 4.74 Å². The van der Waals surface area contributed by atoms with Crippen molar-refractivity contribution in [3.8, 4) is 5.75 Å². The SMILES string of the molecule is Cc1ccccc1S(=O)(=O)C1C(=O)Oc2ccccc2C1C. The van der Waals surface area contributed by atoms with Gasteiger partial charge in [-0.2, -0.15) is 0 Å². The van der Waals surface area contributed by atoms with Crippen LogP contribution >= 0.6 is 0 Å². The highest BCUT2D eigenvalue weighted by Gasteiger charge is 2.45. The molecule has 2 aromatic rings. The van der Waals surface area contributed by atoms with Gasteiger partial charge in [-0.3, -0.25) is 4.79 Å². The highest BCUT2D eigenvalue weighted by molar-refractivity contribution is 7.93. The molecule has 1 heterocycles. The number of ether oxygens (including phenoxy) is 1. The minimum absolute atomic E-state index is 0.184. The van der Waals surface area contributed by atoms with Crippen LogP contribution in [0.5, 0.6) is 5.75 Å². The lowest BCUT2D eigenvalue weighted by molar-refractivity contribution is -0.135. The Morgan fingerprint density at radius 3 is 2.36 bits per heavy atom. The van der Waals surface area contributed by atoms with Gasteiger partial charge < -0.3 is 4.74 Å². The summed E-state index contributed by atoms with van der Waals surface area (Å²) in [7, 11) is -3.81. The number of benzene rings is 2. The molecule has 5 heteroatoms. The molecular formula is C17H16O4S. The number of esters is 1. The summed E-state index contributed by atoms with van der Waals surface area (Å²) >= 11 is 0. The number of fused-ring (bicyclic) bond motifs is 1. The third kappa shape index (κ3) is 2.22. The highest BCUT2D eigenvalue weighted by atomic mass is 32.2. The summed E-state index contributed by atoms with van der Waals surface area (Å²) in [5.41, 5.74) is 1.37. The van der Waals surface area contributed by atoms with Gasteiger partial charge in [0.25, 0.3) is 0 Å². The van der Waals surface area contributed by atoms with Crippen molar-refractivity contribution in [1.82, 2.24) is 0 Å². The second-order valence-corrected chi connectivity index (χ2v) is 7.52. The van der Waals surface area contributed by atoms with Gasteiger partial charge >= 0.3 is 5.97 Å². The Morgan fingerprint density at radius 2 is 1.64 bits per heavy atom. The zero-order valence-electron chi connectivity index (χ0n) is 12.3. The number of para-hydroxylation sites is 1. The third-order valence-electron chi connectivity index (χ3n) is 4.04. The van der Waals surface area contributed by atoms with Crippen LogP contribution in [0.3, 0.4) is 0 Å². The molecule has 0 spiro atoms. The van der Waals surface area contributed by atoms with Crippen molar-refractivity contribution >= 4 is 15.8 Å². The molecule has 114 valence electrons. The van der Waals surface area contributed by atoms with E-state index in [9.17, 15) is 13.2 Å². The van der Waals surface area contributed by atoms with Crippen LogP contribution in [-0.4, -0.2) is 19.6 Å². The van der Waals surface area contributed by atoms with Crippen LogP contribution in [0.25, 0.3) is 0 Å². The topological polar surface area (TPSA) is 60.4 Å². The Hall–Kier alpha value is -2.14. The van der Waals surface area contributed by atoms with Crippen LogP contribution in [0.4, 0.5) is 0 Å². The molecule has 3 rings (SSSR count). The first-order chi connectivity index (χ1) is 10.4. The van der Waals surface area contributed by atoms with Crippen molar-refractivity contribution in [2.75, 3.05) is 0 Å². The van der Waals surface area contributed by atoms with Gasteiger partial charge in [0.15, 0.2) is 15.1 Å². The van der Waals surface area contributed by atoms with Gasteiger partial charge in [0, 0.05) is 5.92 Å². The lowest BCUT2D eigenvalue weighted by Crippen LogP contribution is -2.41. The standard InChI is InChI=1S/C17H16O4S/c1-11-7-3-6-10-15(11)22(19,20)16-12(2)13-8-4-5-9-14(13)21-17(16)18/h3-10,12,16H,1-2H3. The zero-order chi connectivity index (χ0) is 15.9. The van der Waals surface area contributed by atoms with Crippen LogP contribution in [0, 0.1) is 6.92 Å². The summed E-state index contributed by atoms with van der Waals surface area (Å²) in [5.74, 6) is -0.729. The number of carbonyl (C=O) groups excluding carboxylic acids is 1. The maximum atomic E-state index is 12.9. The molecule has 2 aromatic carbocycles. The zero-order valence-corrected chi connectivity index (χ0v) is 13.1. The molecule has 4 nitrogen and oxygen atoms in total. The smallest absolute Gasteiger partial charge is 0.330 e. The number of rotatable bonds is 2. The van der Waals surface area contributed by atoms with E-state index in [0.29, 0.717) is 11.3 Å². The maximum Gasteiger partial charge on any atom is 0.330 e. The Balaban J connectivity index is 2.12. The van der Waals surface area contributed by atoms with Crippen molar-refractivity contribution in [2.24, 2.45) is 0 Å². The predicted molar refractivity (Wildman–Crippen MR) is 82.6 cm³/mol. The first-order valence-corrected chi connectivity index (χ1v) is 8.57. The fourth-order valence-electron chi connectivity index (χ4n) is 2.89. The molecule has 1 aliphatic heterocycles. The average Bonchev–Trinajstić information content (AvgIpc) is 2.47. The number of carbonyl (C=O) groups is 1. The largest absolute Gasteiger partial charge is 0.425 e. The number of hydrogen-bond donors (Lipinski definition) is 0. The summed E-state index contributed by atoms with van der Waals surface area (Å²) < 4.78 is 31.1. The minimum Gasteiger partial charge on any atom is -0.425 e. The van der Waals surface area contributed by atoms with E-state index < -0.39 is 27.0 Å². The Labute approximate surface area is 129 Å². The van der Waals surface area contributed by atoms with Gasteiger partial charge in [0.05, 0.1) is 4.90 Å². The van der Waals surface area contributed by atoms with Crippen LogP contribution in [0.2, 0.25) is 0 Å². The fourth-order valence-corrected chi connectivity index (χ4v) is 4.94. The molecule has 0 saturated heterocycles. The number of aryl methyl sites for hydroxylation is 1. The fraction of sp³-hybridized carbons (Fsp3) is 0.235. The molecule has 22 heavy (non-hydrogen) atoms. The van der Waals surface area contributed by atoms with Crippen LogP contribution in [-0.2, 0) is 14.6 Å². The van der Waals surface area contributed by atoms with Crippen molar-refractivity contribution in [3.63, 3.8) is 0 Å². The molecule has 0 aliphatic carbocycles. The second-order valence-electron chi connectivity index (χ2n) is 5.48. The lowest BCUT2D eigenvalue weighted by Gasteiger charge is -2.29. The van der Waals surface area contributed by atoms with Gasteiger partial charge in [0.2, 0.25) is 0 Å². The molecule has 0 radical (unpaired) electrons. The molecule has 0 bridgehead atoms. The van der Waals surface area contributed by atoms with E-state index in [1.165, 1.54) is 6.07 Å². The molecule has 0 fully saturated rings. The average molecular weight is 316 g/mol. The first kappa shape index (κ1) is 14.8. The third-order valence-corrected chi connectivity index (χ3v) is 6.38. The van der Waals surface area contributed by atoms with Gasteiger partial charge in [-0.05, 0) is 30.2 Å². The highest BCUT2D eigenvalue weighted by Crippen LogP contribution is 2.39. The molecule has 0 N–H and O–H groups in total. The Morgan fingerprint density at radius 1 is 1.00 bits per heavy atom. The monoisotopic (exact) mass is 316 g/mol. The predicted octanol–water partition coefficient (Wildman–Crippen LogP) is 2.86. The van der Waals surface area contributed by atoms with Gasteiger partial charge in [-0.25, -0.2) is 8.42 Å². The second kappa shape index (κ2) is 5.25. The van der Waals surface area contributed by atoms with Gasteiger partial charge in [-0.15, -0.1) is 0 Å². The molecule has 2 atom stereocenters. The van der Waals surface area contributed by atoms with Crippen LogP contribution in [0.15, 0.2) is 53.4 Å². The van der Waals surface area contributed by atoms with Crippen molar-refractivity contribution in [3.05, 3.63) is 59.7 Å². The van der Waals surface area contributed by atoms with Crippen molar-refractivity contribution in [2.45, 2.75) is 29.9 Å². The Kier molecular flexibility index (Phi) is 3.53. The van der Waals surface area contributed by atoms with E-state index in [1.807, 2.05) is 6.07 Å². The van der Waals surface area contributed by atoms with Crippen molar-refractivity contribution in [1.29, 1.82) is 0 Å². The number of sulfone groups is 1. The Bertz CT molecular complexity index is 839. The molecule has 2 unspecified atom stereocenters.